The van der Waals surface area contributed by atoms with Crippen molar-refractivity contribution in [1.82, 2.24) is 15.6 Å². The van der Waals surface area contributed by atoms with Crippen molar-refractivity contribution in [2.24, 2.45) is 10.8 Å². The van der Waals surface area contributed by atoms with Gasteiger partial charge in [0.05, 0.1) is 11.4 Å². The van der Waals surface area contributed by atoms with Crippen molar-refractivity contribution >= 4 is 11.7 Å². The minimum Gasteiger partial charge on any atom is -0.369 e. The van der Waals surface area contributed by atoms with Crippen LogP contribution in [0.4, 0.5) is 4.39 Å². The second kappa shape index (κ2) is 6.46. The number of aromatic nitrogens is 2. The predicted octanol–water partition coefficient (Wildman–Crippen LogP) is 1.37. The van der Waals surface area contributed by atoms with Crippen LogP contribution in [0, 0.1) is 11.2 Å². The topological polar surface area (TPSA) is 103 Å². The van der Waals surface area contributed by atoms with Gasteiger partial charge in [-0.15, -0.1) is 0 Å². The van der Waals surface area contributed by atoms with E-state index in [1.807, 2.05) is 6.07 Å². The smallest absolute Gasteiger partial charge is 0.206 e. The van der Waals surface area contributed by atoms with Crippen molar-refractivity contribution in [3.8, 4) is 0 Å². The second-order valence-electron chi connectivity index (χ2n) is 4.13. The van der Waals surface area contributed by atoms with Crippen LogP contribution in [0.3, 0.4) is 0 Å². The summed E-state index contributed by atoms with van der Waals surface area (Å²) in [6, 6.07) is 8.20. The van der Waals surface area contributed by atoms with Crippen molar-refractivity contribution in [2.45, 2.75) is 12.8 Å². The van der Waals surface area contributed by atoms with Crippen LogP contribution in [0.5, 0.6) is 0 Å². The van der Waals surface area contributed by atoms with Gasteiger partial charge in [-0.2, -0.15) is 10.2 Å². The number of halogens is 1. The first-order valence-electron chi connectivity index (χ1n) is 6.07. The van der Waals surface area contributed by atoms with Crippen molar-refractivity contribution in [3.05, 3.63) is 53.6 Å². The lowest BCUT2D eigenvalue weighted by atomic mass is 10.0. The Morgan fingerprint density at radius 3 is 2.85 bits per heavy atom. The second-order valence-corrected chi connectivity index (χ2v) is 4.13. The Hall–Kier alpha value is -2.70. The van der Waals surface area contributed by atoms with Crippen LogP contribution in [-0.4, -0.2) is 21.9 Å². The summed E-state index contributed by atoms with van der Waals surface area (Å²) in [5.41, 5.74) is 9.29. The minimum atomic E-state index is -0.362. The lowest BCUT2D eigenvalue weighted by Crippen LogP contribution is -2.27. The number of aromatic amines is 1. The van der Waals surface area contributed by atoms with Crippen LogP contribution in [0.25, 0.3) is 0 Å². The zero-order chi connectivity index (χ0) is 14.4. The monoisotopic (exact) mass is 274 g/mol. The maximum atomic E-state index is 13.8. The third-order valence-electron chi connectivity index (χ3n) is 2.67. The van der Waals surface area contributed by atoms with Gasteiger partial charge in [0.15, 0.2) is 0 Å². The Labute approximate surface area is 115 Å². The van der Waals surface area contributed by atoms with E-state index in [1.54, 1.807) is 24.4 Å². The molecule has 0 radical (unpaired) electrons. The standard InChI is InChI=1S/C13H15FN6/c14-11-4-2-1-3-10(11)12(19-20-13(15)16)6-5-9-7-8-17-18-9/h1-4,7-8H,5-6H2,(H,17,18)(H4,15,16,20). The van der Waals surface area contributed by atoms with Crippen molar-refractivity contribution in [3.63, 3.8) is 0 Å². The van der Waals surface area contributed by atoms with Gasteiger partial charge in [-0.3, -0.25) is 10.5 Å². The van der Waals surface area contributed by atoms with Gasteiger partial charge >= 0.3 is 0 Å². The Morgan fingerprint density at radius 1 is 1.40 bits per heavy atom. The van der Waals surface area contributed by atoms with E-state index in [0.717, 1.165) is 5.69 Å². The summed E-state index contributed by atoms with van der Waals surface area (Å²) in [7, 11) is 0. The predicted molar refractivity (Wildman–Crippen MR) is 74.9 cm³/mol. The molecule has 0 spiro atoms. The highest BCUT2D eigenvalue weighted by molar-refractivity contribution is 6.01. The van der Waals surface area contributed by atoms with Gasteiger partial charge in [0.1, 0.15) is 5.82 Å². The number of nitrogens with one attached hydrogen (secondary N) is 3. The van der Waals surface area contributed by atoms with Gasteiger partial charge in [0.2, 0.25) is 5.96 Å². The molecule has 1 aromatic carbocycles. The Bertz CT molecular complexity index is 605. The molecule has 2 aromatic rings. The number of hydrogen-bond donors (Lipinski definition) is 4. The summed E-state index contributed by atoms with van der Waals surface area (Å²) in [5.74, 6) is -0.655. The molecule has 0 bridgehead atoms. The fraction of sp³-hybridized carbons (Fsp3) is 0.154. The molecule has 104 valence electrons. The van der Waals surface area contributed by atoms with Crippen LogP contribution >= 0.6 is 0 Å². The first-order chi connectivity index (χ1) is 9.66. The van der Waals surface area contributed by atoms with Gasteiger partial charge in [0, 0.05) is 11.8 Å². The van der Waals surface area contributed by atoms with Crippen LogP contribution < -0.4 is 11.2 Å². The van der Waals surface area contributed by atoms with E-state index >= 15 is 0 Å². The summed E-state index contributed by atoms with van der Waals surface area (Å²) in [6.07, 6.45) is 2.81. The zero-order valence-electron chi connectivity index (χ0n) is 10.7. The summed E-state index contributed by atoms with van der Waals surface area (Å²) in [6.45, 7) is 0. The first kappa shape index (κ1) is 13.7. The normalized spacial score (nSPS) is 11.3. The zero-order valence-corrected chi connectivity index (χ0v) is 10.7. The van der Waals surface area contributed by atoms with Crippen molar-refractivity contribution < 1.29 is 4.39 Å². The first-order valence-corrected chi connectivity index (χ1v) is 6.07. The average Bonchev–Trinajstić information content (AvgIpc) is 2.93. The molecule has 5 N–H and O–H groups in total. The molecule has 0 fully saturated rings. The summed E-state index contributed by atoms with van der Waals surface area (Å²) < 4.78 is 13.8. The fourth-order valence-electron chi connectivity index (χ4n) is 1.75. The summed E-state index contributed by atoms with van der Waals surface area (Å²) in [5, 5.41) is 17.9. The Kier molecular flexibility index (Phi) is 4.43. The number of nitrogens with zero attached hydrogens (tertiary/aromatic N) is 2. The molecule has 1 heterocycles. The van der Waals surface area contributed by atoms with E-state index in [4.69, 9.17) is 11.1 Å². The number of benzene rings is 1. The summed E-state index contributed by atoms with van der Waals surface area (Å²) >= 11 is 0. The number of H-pyrrole nitrogens is 1. The number of nitrogens with two attached hydrogens (primary N) is 1. The molecular formula is C13H15FN6. The molecule has 0 aliphatic rings. The van der Waals surface area contributed by atoms with Gasteiger partial charge in [-0.25, -0.2) is 9.82 Å². The molecule has 1 aromatic heterocycles. The van der Waals surface area contributed by atoms with E-state index in [2.05, 4.69) is 20.7 Å². The number of guanidine groups is 1. The average molecular weight is 274 g/mol. The third-order valence-corrected chi connectivity index (χ3v) is 2.67. The lowest BCUT2D eigenvalue weighted by molar-refractivity contribution is 0.624. The SMILES string of the molecule is N=C(N)NN=C(CCc1cc[nH]n1)c1ccccc1F. The molecule has 0 aliphatic heterocycles. The molecule has 0 saturated heterocycles. The Morgan fingerprint density at radius 2 is 2.20 bits per heavy atom. The highest BCUT2D eigenvalue weighted by Crippen LogP contribution is 2.12. The summed E-state index contributed by atoms with van der Waals surface area (Å²) in [4.78, 5) is 0. The largest absolute Gasteiger partial charge is 0.369 e. The van der Waals surface area contributed by atoms with Gasteiger partial charge in [-0.05, 0) is 25.0 Å². The maximum Gasteiger partial charge on any atom is 0.206 e. The van der Waals surface area contributed by atoms with Crippen LogP contribution in [-0.2, 0) is 6.42 Å². The molecule has 0 atom stereocenters. The minimum absolute atomic E-state index is 0.293. The van der Waals surface area contributed by atoms with Gasteiger partial charge < -0.3 is 5.73 Å². The van der Waals surface area contributed by atoms with E-state index < -0.39 is 0 Å². The van der Waals surface area contributed by atoms with Gasteiger partial charge in [0.25, 0.3) is 0 Å². The molecule has 0 unspecified atom stereocenters. The van der Waals surface area contributed by atoms with Crippen LogP contribution in [0.15, 0.2) is 41.6 Å². The molecule has 6 nitrogen and oxygen atoms in total. The third kappa shape index (κ3) is 3.64. The van der Waals surface area contributed by atoms with Crippen molar-refractivity contribution in [1.29, 1.82) is 5.41 Å². The highest BCUT2D eigenvalue weighted by Gasteiger charge is 2.10. The molecule has 7 heteroatoms. The molecule has 0 aliphatic carbocycles. The lowest BCUT2D eigenvalue weighted by Gasteiger charge is -2.07. The molecule has 0 saturated carbocycles. The number of rotatable bonds is 5. The van der Waals surface area contributed by atoms with Crippen LogP contribution in [0.1, 0.15) is 17.7 Å². The molecule has 20 heavy (non-hydrogen) atoms. The van der Waals surface area contributed by atoms with Crippen LogP contribution in [0.2, 0.25) is 0 Å². The quantitative estimate of drug-likeness (QED) is 0.376. The fourth-order valence-corrected chi connectivity index (χ4v) is 1.75. The molecule has 2 rings (SSSR count). The number of hydrogen-bond acceptors (Lipinski definition) is 3. The van der Waals surface area contributed by atoms with E-state index in [0.29, 0.717) is 24.1 Å². The molecular weight excluding hydrogens is 259 g/mol. The van der Waals surface area contributed by atoms with Crippen molar-refractivity contribution in [2.75, 3.05) is 0 Å². The van der Waals surface area contributed by atoms with E-state index in [9.17, 15) is 4.39 Å². The number of hydrazone groups is 1. The molecule has 0 amide bonds. The highest BCUT2D eigenvalue weighted by atomic mass is 19.1. The number of aryl methyl sites for hydroxylation is 1. The van der Waals surface area contributed by atoms with E-state index in [-0.39, 0.29) is 11.8 Å². The maximum absolute atomic E-state index is 13.8. The Balaban J connectivity index is 2.18. The van der Waals surface area contributed by atoms with E-state index in [1.165, 1.54) is 6.07 Å². The van der Waals surface area contributed by atoms with Gasteiger partial charge in [-0.1, -0.05) is 18.2 Å².